The van der Waals surface area contributed by atoms with Crippen molar-refractivity contribution in [2.24, 2.45) is 5.92 Å². The lowest BCUT2D eigenvalue weighted by molar-refractivity contribution is -0.136. The summed E-state index contributed by atoms with van der Waals surface area (Å²) in [5.41, 5.74) is -0.899. The van der Waals surface area contributed by atoms with Crippen molar-refractivity contribution < 1.29 is 22.4 Å². The van der Waals surface area contributed by atoms with Crippen molar-refractivity contribution in [2.45, 2.75) is 25.1 Å². The molecule has 5 rings (SSSR count). The Labute approximate surface area is 135 Å². The number of carbonyl (C=O) groups excluding carboxylic acids is 1. The molecule has 1 atom stereocenters. The number of piperidine rings is 3. The van der Waals surface area contributed by atoms with Gasteiger partial charge in [0.05, 0.1) is 6.20 Å². The monoisotopic (exact) mass is 339 g/mol. The molecular weight excluding hydrogens is 323 g/mol. The number of nitrogens with zero attached hydrogens (tertiary/aromatic N) is 2. The van der Waals surface area contributed by atoms with Gasteiger partial charge in [0.2, 0.25) is 0 Å². The average Bonchev–Trinajstić information content (AvgIpc) is 2.99. The molecule has 3 aliphatic heterocycles. The number of carbonyl (C=O) groups is 1. The molecule has 5 heterocycles. The van der Waals surface area contributed by atoms with E-state index in [1.807, 2.05) is 0 Å². The van der Waals surface area contributed by atoms with Crippen LogP contribution in [0.1, 0.15) is 28.9 Å². The van der Waals surface area contributed by atoms with E-state index in [1.165, 1.54) is 0 Å². The van der Waals surface area contributed by atoms with Gasteiger partial charge in [0, 0.05) is 18.0 Å². The highest BCUT2D eigenvalue weighted by Crippen LogP contribution is 2.36. The second-order valence-corrected chi connectivity index (χ2v) is 6.43. The van der Waals surface area contributed by atoms with Gasteiger partial charge in [0.25, 0.3) is 5.91 Å². The third kappa shape index (κ3) is 2.64. The number of furan rings is 1. The maximum atomic E-state index is 13.0. The summed E-state index contributed by atoms with van der Waals surface area (Å²) < 4.78 is 43.8. The summed E-state index contributed by atoms with van der Waals surface area (Å²) in [6, 6.07) is 1.18. The molecule has 1 amide bonds. The van der Waals surface area contributed by atoms with Gasteiger partial charge in [-0.3, -0.25) is 4.79 Å². The predicted molar refractivity (Wildman–Crippen MR) is 79.4 cm³/mol. The normalized spacial score (nSPS) is 26.7. The Hall–Kier alpha value is -2.09. The standard InChI is InChI=1S/C16H16F3N3O2/c17-16(18,19)11-8-24-14-6-20-12(5-10(11)14)15(23)21-13-7-22-3-1-9(13)2-4-22/h5-6,8-9,13H,1-4,7H2,(H,21,23)/t13-/m0/s1. The fourth-order valence-corrected chi connectivity index (χ4v) is 3.65. The van der Waals surface area contributed by atoms with Gasteiger partial charge in [0.1, 0.15) is 17.5 Å². The first-order chi connectivity index (χ1) is 11.4. The molecule has 0 radical (unpaired) electrons. The Kier molecular flexibility index (Phi) is 3.52. The van der Waals surface area contributed by atoms with E-state index < -0.39 is 17.6 Å². The maximum absolute atomic E-state index is 13.0. The number of alkyl halides is 3. The first-order valence-electron chi connectivity index (χ1n) is 7.89. The quantitative estimate of drug-likeness (QED) is 0.914. The topological polar surface area (TPSA) is 58.4 Å². The lowest BCUT2D eigenvalue weighted by Crippen LogP contribution is -2.57. The van der Waals surface area contributed by atoms with Crippen molar-refractivity contribution in [2.75, 3.05) is 19.6 Å². The number of nitrogens with one attached hydrogen (secondary N) is 1. The number of halogens is 3. The molecule has 1 N–H and O–H groups in total. The Morgan fingerprint density at radius 2 is 2.08 bits per heavy atom. The first-order valence-corrected chi connectivity index (χ1v) is 7.89. The minimum Gasteiger partial charge on any atom is -0.462 e. The molecule has 2 bridgehead atoms. The zero-order chi connectivity index (χ0) is 16.9. The number of aromatic nitrogens is 1. The molecule has 8 heteroatoms. The number of hydrogen-bond donors (Lipinski definition) is 1. The first kappa shape index (κ1) is 15.4. The SMILES string of the molecule is O=C(N[C@H]1CN2CCC1CC2)c1cc2c(C(F)(F)F)coc2cn1. The van der Waals surface area contributed by atoms with Crippen LogP contribution in [0.5, 0.6) is 0 Å². The van der Waals surface area contributed by atoms with Crippen molar-refractivity contribution in [3.05, 3.63) is 29.8 Å². The molecule has 3 saturated heterocycles. The molecule has 2 aromatic rings. The van der Waals surface area contributed by atoms with Crippen molar-refractivity contribution >= 4 is 16.9 Å². The summed E-state index contributed by atoms with van der Waals surface area (Å²) >= 11 is 0. The van der Waals surface area contributed by atoms with E-state index in [9.17, 15) is 18.0 Å². The summed E-state index contributed by atoms with van der Waals surface area (Å²) in [6.07, 6.45) is -0.637. The number of fused-ring (bicyclic) bond motifs is 4. The van der Waals surface area contributed by atoms with E-state index in [0.717, 1.165) is 44.7 Å². The summed E-state index contributed by atoms with van der Waals surface area (Å²) in [7, 11) is 0. The van der Waals surface area contributed by atoms with Gasteiger partial charge in [0.15, 0.2) is 5.58 Å². The molecule has 0 saturated carbocycles. The third-order valence-corrected chi connectivity index (χ3v) is 4.97. The number of pyridine rings is 1. The van der Waals surface area contributed by atoms with E-state index in [4.69, 9.17) is 4.42 Å². The van der Waals surface area contributed by atoms with Crippen LogP contribution in [0, 0.1) is 5.92 Å². The van der Waals surface area contributed by atoms with E-state index in [2.05, 4.69) is 15.2 Å². The second kappa shape index (κ2) is 5.47. The number of rotatable bonds is 2. The average molecular weight is 339 g/mol. The number of hydrogen-bond acceptors (Lipinski definition) is 4. The fourth-order valence-electron chi connectivity index (χ4n) is 3.65. The van der Waals surface area contributed by atoms with E-state index >= 15 is 0 Å². The Bertz CT molecular complexity index is 778. The Morgan fingerprint density at radius 3 is 2.71 bits per heavy atom. The molecule has 128 valence electrons. The van der Waals surface area contributed by atoms with Gasteiger partial charge in [-0.05, 0) is 37.9 Å². The van der Waals surface area contributed by atoms with Gasteiger partial charge >= 0.3 is 6.18 Å². The molecule has 0 aromatic carbocycles. The van der Waals surface area contributed by atoms with E-state index in [-0.39, 0.29) is 22.7 Å². The number of amides is 1. The van der Waals surface area contributed by atoms with Crippen molar-refractivity contribution in [1.82, 2.24) is 15.2 Å². The highest BCUT2D eigenvalue weighted by Gasteiger charge is 2.36. The third-order valence-electron chi connectivity index (χ3n) is 4.97. The van der Waals surface area contributed by atoms with Crippen LogP contribution >= 0.6 is 0 Å². The van der Waals surface area contributed by atoms with Gasteiger partial charge in [-0.25, -0.2) is 4.98 Å². The van der Waals surface area contributed by atoms with Gasteiger partial charge < -0.3 is 14.6 Å². The van der Waals surface area contributed by atoms with Crippen LogP contribution in [0.15, 0.2) is 22.9 Å². The van der Waals surface area contributed by atoms with Crippen molar-refractivity contribution in [3.8, 4) is 0 Å². The van der Waals surface area contributed by atoms with Crippen LogP contribution in [0.2, 0.25) is 0 Å². The van der Waals surface area contributed by atoms with Crippen LogP contribution in [-0.4, -0.2) is 41.5 Å². The summed E-state index contributed by atoms with van der Waals surface area (Å²) in [5.74, 6) is -0.00711. The molecular formula is C16H16F3N3O2. The maximum Gasteiger partial charge on any atom is 0.420 e. The lowest BCUT2D eigenvalue weighted by atomic mass is 9.84. The summed E-state index contributed by atoms with van der Waals surface area (Å²) in [4.78, 5) is 18.6. The van der Waals surface area contributed by atoms with E-state index in [0.29, 0.717) is 12.2 Å². The summed E-state index contributed by atoms with van der Waals surface area (Å²) in [6.45, 7) is 2.88. The predicted octanol–water partition coefficient (Wildman–Crippen LogP) is 2.67. The van der Waals surface area contributed by atoms with Crippen molar-refractivity contribution in [3.63, 3.8) is 0 Å². The molecule has 0 unspecified atom stereocenters. The molecule has 0 aliphatic carbocycles. The van der Waals surface area contributed by atoms with E-state index in [1.54, 1.807) is 0 Å². The second-order valence-electron chi connectivity index (χ2n) is 6.43. The Morgan fingerprint density at radius 1 is 1.33 bits per heavy atom. The fraction of sp³-hybridized carbons (Fsp3) is 0.500. The minimum atomic E-state index is -4.53. The van der Waals surface area contributed by atoms with Crippen LogP contribution in [0.4, 0.5) is 13.2 Å². The molecule has 24 heavy (non-hydrogen) atoms. The zero-order valence-corrected chi connectivity index (χ0v) is 12.8. The minimum absolute atomic E-state index is 0.0155. The van der Waals surface area contributed by atoms with Crippen LogP contribution in [0.3, 0.4) is 0 Å². The lowest BCUT2D eigenvalue weighted by Gasteiger charge is -2.44. The van der Waals surface area contributed by atoms with Crippen LogP contribution < -0.4 is 5.32 Å². The van der Waals surface area contributed by atoms with Crippen LogP contribution in [-0.2, 0) is 6.18 Å². The molecule has 3 fully saturated rings. The molecule has 2 aromatic heterocycles. The van der Waals surface area contributed by atoms with Crippen LogP contribution in [0.25, 0.3) is 11.0 Å². The van der Waals surface area contributed by atoms with Crippen molar-refractivity contribution in [1.29, 1.82) is 0 Å². The molecule has 5 nitrogen and oxygen atoms in total. The molecule has 3 aliphatic rings. The zero-order valence-electron chi connectivity index (χ0n) is 12.8. The largest absolute Gasteiger partial charge is 0.462 e. The summed E-state index contributed by atoms with van der Waals surface area (Å²) in [5, 5.41) is 2.78. The van der Waals surface area contributed by atoms with Gasteiger partial charge in [-0.2, -0.15) is 13.2 Å². The molecule has 0 spiro atoms. The van der Waals surface area contributed by atoms with Gasteiger partial charge in [-0.1, -0.05) is 0 Å². The Balaban J connectivity index is 1.58. The highest BCUT2D eigenvalue weighted by atomic mass is 19.4. The smallest absolute Gasteiger partial charge is 0.420 e. The highest BCUT2D eigenvalue weighted by molar-refractivity contribution is 5.96. The van der Waals surface area contributed by atoms with Gasteiger partial charge in [-0.15, -0.1) is 0 Å².